The van der Waals surface area contributed by atoms with Gasteiger partial charge in [-0.3, -0.25) is 0 Å². The molecule has 0 atom stereocenters. The van der Waals surface area contributed by atoms with Crippen molar-refractivity contribution in [3.63, 3.8) is 0 Å². The van der Waals surface area contributed by atoms with Gasteiger partial charge in [0, 0.05) is 17.8 Å². The van der Waals surface area contributed by atoms with Crippen molar-refractivity contribution in [3.8, 4) is 0 Å². The van der Waals surface area contributed by atoms with Gasteiger partial charge in [0.25, 0.3) is 0 Å². The monoisotopic (exact) mass is 424 g/mol. The Balaban J connectivity index is 2.10. The van der Waals surface area contributed by atoms with E-state index in [1.54, 1.807) is 37.4 Å². The standard InChI is InChI=1S/C23H24N2O4S/c1-3-4-10-20-24-13-18(15(2)21(23(28)29)19-9-6-11-30-19)25(20)14-16-7-5-8-17(12-16)22(26)27/h5-9,11-13H,3-4,10,14H2,1-2H3,(H,26,27)(H,28,29)/b21-15-. The van der Waals surface area contributed by atoms with Crippen LogP contribution in [0.15, 0.2) is 48.0 Å². The molecule has 156 valence electrons. The first-order valence-electron chi connectivity index (χ1n) is 9.77. The Bertz CT molecular complexity index is 1080. The Morgan fingerprint density at radius 1 is 1.17 bits per heavy atom. The molecule has 2 N–H and O–H groups in total. The molecule has 0 aliphatic heterocycles. The van der Waals surface area contributed by atoms with Crippen molar-refractivity contribution < 1.29 is 19.8 Å². The summed E-state index contributed by atoms with van der Waals surface area (Å²) >= 11 is 1.38. The van der Waals surface area contributed by atoms with Gasteiger partial charge in [0.2, 0.25) is 0 Å². The summed E-state index contributed by atoms with van der Waals surface area (Å²) < 4.78 is 2.00. The molecule has 0 aliphatic carbocycles. The second kappa shape index (κ2) is 9.54. The lowest BCUT2D eigenvalue weighted by molar-refractivity contribution is -0.130. The zero-order valence-electron chi connectivity index (χ0n) is 17.0. The number of carboxylic acids is 2. The Kier molecular flexibility index (Phi) is 6.84. The van der Waals surface area contributed by atoms with Gasteiger partial charge in [-0.2, -0.15) is 0 Å². The van der Waals surface area contributed by atoms with Crippen LogP contribution in [0.5, 0.6) is 0 Å². The summed E-state index contributed by atoms with van der Waals surface area (Å²) in [5.41, 5.74) is 2.67. The number of unbranched alkanes of at least 4 members (excludes halogenated alkanes) is 1. The number of thiophene rings is 1. The molecule has 3 aromatic rings. The molecule has 0 saturated carbocycles. The van der Waals surface area contributed by atoms with E-state index in [2.05, 4.69) is 11.9 Å². The number of rotatable bonds is 9. The number of carbonyl (C=O) groups is 2. The Hall–Kier alpha value is -3.19. The number of allylic oxidation sites excluding steroid dienone is 1. The summed E-state index contributed by atoms with van der Waals surface area (Å²) in [4.78, 5) is 28.6. The van der Waals surface area contributed by atoms with Gasteiger partial charge in [0.15, 0.2) is 0 Å². The van der Waals surface area contributed by atoms with Gasteiger partial charge >= 0.3 is 11.9 Å². The largest absolute Gasteiger partial charge is 0.478 e. The summed E-state index contributed by atoms with van der Waals surface area (Å²) in [6, 6.07) is 10.4. The normalized spacial score (nSPS) is 11.9. The van der Waals surface area contributed by atoms with E-state index in [-0.39, 0.29) is 11.1 Å². The second-order valence-corrected chi connectivity index (χ2v) is 7.99. The first-order chi connectivity index (χ1) is 14.4. The lowest BCUT2D eigenvalue weighted by Gasteiger charge is -2.15. The molecule has 0 radical (unpaired) electrons. The number of imidazole rings is 1. The van der Waals surface area contributed by atoms with E-state index < -0.39 is 11.9 Å². The average molecular weight is 425 g/mol. The molecular formula is C23H24N2O4S. The van der Waals surface area contributed by atoms with Crippen molar-refractivity contribution in [2.45, 2.75) is 39.7 Å². The van der Waals surface area contributed by atoms with Gasteiger partial charge in [0.1, 0.15) is 5.82 Å². The third-order valence-electron chi connectivity index (χ3n) is 4.95. The Morgan fingerprint density at radius 2 is 1.97 bits per heavy atom. The smallest absolute Gasteiger partial charge is 0.337 e. The predicted molar refractivity (Wildman–Crippen MR) is 118 cm³/mol. The molecule has 30 heavy (non-hydrogen) atoms. The Labute approximate surface area is 179 Å². The zero-order chi connectivity index (χ0) is 21.7. The number of aryl methyl sites for hydroxylation is 1. The third-order valence-corrected chi connectivity index (χ3v) is 5.83. The molecule has 0 saturated heterocycles. The van der Waals surface area contributed by atoms with Crippen LogP contribution >= 0.6 is 11.3 Å². The van der Waals surface area contributed by atoms with Crippen LogP contribution in [0.25, 0.3) is 11.1 Å². The van der Waals surface area contributed by atoms with Crippen LogP contribution < -0.4 is 0 Å². The van der Waals surface area contributed by atoms with Crippen molar-refractivity contribution in [2.75, 3.05) is 0 Å². The number of carboxylic acid groups (broad SMARTS) is 2. The van der Waals surface area contributed by atoms with E-state index in [0.717, 1.165) is 36.3 Å². The molecule has 0 amide bonds. The number of nitrogens with zero attached hydrogens (tertiary/aromatic N) is 2. The highest BCUT2D eigenvalue weighted by molar-refractivity contribution is 7.11. The molecule has 0 aliphatic rings. The number of benzene rings is 1. The van der Waals surface area contributed by atoms with E-state index in [1.807, 2.05) is 22.1 Å². The van der Waals surface area contributed by atoms with E-state index >= 15 is 0 Å². The van der Waals surface area contributed by atoms with Crippen molar-refractivity contribution in [2.24, 2.45) is 0 Å². The van der Waals surface area contributed by atoms with Crippen LogP contribution in [0.4, 0.5) is 0 Å². The summed E-state index contributed by atoms with van der Waals surface area (Å²) in [6.45, 7) is 4.33. The minimum Gasteiger partial charge on any atom is -0.478 e. The number of hydrogen-bond donors (Lipinski definition) is 2. The maximum Gasteiger partial charge on any atom is 0.337 e. The SMILES string of the molecule is CCCCc1ncc(/C(C)=C(\C(=O)O)c2cccs2)n1Cc1cccc(C(=O)O)c1. The summed E-state index contributed by atoms with van der Waals surface area (Å²) in [6.07, 6.45) is 4.47. The van der Waals surface area contributed by atoms with Gasteiger partial charge in [-0.05, 0) is 48.1 Å². The fourth-order valence-electron chi connectivity index (χ4n) is 3.41. The molecule has 0 spiro atoms. The van der Waals surface area contributed by atoms with Gasteiger partial charge in [-0.25, -0.2) is 14.6 Å². The van der Waals surface area contributed by atoms with Crippen LogP contribution in [0.3, 0.4) is 0 Å². The highest BCUT2D eigenvalue weighted by Crippen LogP contribution is 2.30. The highest BCUT2D eigenvalue weighted by atomic mass is 32.1. The van der Waals surface area contributed by atoms with Crippen molar-refractivity contribution in [1.29, 1.82) is 0 Å². The number of aromatic carboxylic acids is 1. The fraction of sp³-hybridized carbons (Fsp3) is 0.261. The molecule has 0 bridgehead atoms. The second-order valence-electron chi connectivity index (χ2n) is 7.04. The fourth-order valence-corrected chi connectivity index (χ4v) is 4.23. The first kappa shape index (κ1) is 21.5. The van der Waals surface area contributed by atoms with Crippen LogP contribution in [0.2, 0.25) is 0 Å². The lowest BCUT2D eigenvalue weighted by Crippen LogP contribution is -2.11. The molecule has 0 unspecified atom stereocenters. The van der Waals surface area contributed by atoms with Gasteiger partial charge < -0.3 is 14.8 Å². The zero-order valence-corrected chi connectivity index (χ0v) is 17.8. The maximum atomic E-state index is 12.0. The van der Waals surface area contributed by atoms with Gasteiger partial charge in [0.05, 0.1) is 23.0 Å². The Morgan fingerprint density at radius 3 is 2.60 bits per heavy atom. The van der Waals surface area contributed by atoms with Crippen molar-refractivity contribution in [1.82, 2.24) is 9.55 Å². The van der Waals surface area contributed by atoms with E-state index in [1.165, 1.54) is 11.3 Å². The van der Waals surface area contributed by atoms with Gasteiger partial charge in [-0.1, -0.05) is 31.5 Å². The average Bonchev–Trinajstić information content (AvgIpc) is 3.37. The minimum absolute atomic E-state index is 0.223. The van der Waals surface area contributed by atoms with Crippen molar-refractivity contribution >= 4 is 34.4 Å². The summed E-state index contributed by atoms with van der Waals surface area (Å²) in [5.74, 6) is -1.09. The predicted octanol–water partition coefficient (Wildman–Crippen LogP) is 5.05. The van der Waals surface area contributed by atoms with E-state index in [9.17, 15) is 19.8 Å². The molecule has 0 fully saturated rings. The lowest BCUT2D eigenvalue weighted by atomic mass is 10.0. The summed E-state index contributed by atoms with van der Waals surface area (Å²) in [5, 5.41) is 21.0. The molecule has 2 aromatic heterocycles. The molecule has 1 aromatic carbocycles. The molecule has 6 nitrogen and oxygen atoms in total. The van der Waals surface area contributed by atoms with Crippen LogP contribution in [-0.2, 0) is 17.8 Å². The van der Waals surface area contributed by atoms with Crippen LogP contribution in [0.1, 0.15) is 59.0 Å². The van der Waals surface area contributed by atoms with E-state index in [4.69, 9.17) is 0 Å². The minimum atomic E-state index is -0.981. The molecular weight excluding hydrogens is 400 g/mol. The third kappa shape index (κ3) is 4.68. The van der Waals surface area contributed by atoms with Crippen LogP contribution in [-0.4, -0.2) is 31.7 Å². The number of aliphatic carboxylic acids is 1. The highest BCUT2D eigenvalue weighted by Gasteiger charge is 2.20. The first-order valence-corrected chi connectivity index (χ1v) is 10.6. The van der Waals surface area contributed by atoms with Crippen molar-refractivity contribution in [3.05, 3.63) is 75.5 Å². The summed E-state index contributed by atoms with van der Waals surface area (Å²) in [7, 11) is 0. The number of hydrogen-bond acceptors (Lipinski definition) is 4. The quantitative estimate of drug-likeness (QED) is 0.469. The maximum absolute atomic E-state index is 12.0. The van der Waals surface area contributed by atoms with Crippen LogP contribution in [0, 0.1) is 0 Å². The molecule has 3 rings (SSSR count). The van der Waals surface area contributed by atoms with E-state index in [0.29, 0.717) is 17.0 Å². The topological polar surface area (TPSA) is 92.4 Å². The molecule has 7 heteroatoms. The molecule has 2 heterocycles. The number of aromatic nitrogens is 2. The van der Waals surface area contributed by atoms with Gasteiger partial charge in [-0.15, -0.1) is 11.3 Å².